The van der Waals surface area contributed by atoms with Crippen LogP contribution in [-0.2, 0) is 9.53 Å². The van der Waals surface area contributed by atoms with Gasteiger partial charge < -0.3 is 9.64 Å². The number of carbonyl (C=O) groups excluding carboxylic acids is 1. The summed E-state index contributed by atoms with van der Waals surface area (Å²) in [5.74, 6) is 0. The molecule has 0 saturated carbocycles. The number of rotatable bonds is 5. The molecular weight excluding hydrogens is 216 g/mol. The first kappa shape index (κ1) is 12.1. The van der Waals surface area contributed by atoms with E-state index in [1.165, 1.54) is 0 Å². The van der Waals surface area contributed by atoms with Gasteiger partial charge in [0.05, 0.1) is 13.2 Å². The van der Waals surface area contributed by atoms with Crippen LogP contribution in [0.25, 0.3) is 0 Å². The van der Waals surface area contributed by atoms with Crippen LogP contribution in [0, 0.1) is 0 Å². The molecular formula is C13H18N2O2. The monoisotopic (exact) mass is 234 g/mol. The molecule has 1 aliphatic rings. The zero-order valence-corrected chi connectivity index (χ0v) is 9.92. The number of ether oxygens (including phenoxy) is 1. The van der Waals surface area contributed by atoms with Gasteiger partial charge in [-0.25, -0.2) is 0 Å². The van der Waals surface area contributed by atoms with Gasteiger partial charge in [0, 0.05) is 31.9 Å². The average Bonchev–Trinajstić information content (AvgIpc) is 2.42. The lowest BCUT2D eigenvalue weighted by molar-refractivity contribution is -0.107. The van der Waals surface area contributed by atoms with Crippen molar-refractivity contribution in [2.45, 2.75) is 0 Å². The number of hydrogen-bond acceptors (Lipinski definition) is 3. The van der Waals surface area contributed by atoms with Crippen LogP contribution < -0.4 is 4.90 Å². The molecule has 4 heteroatoms. The molecule has 17 heavy (non-hydrogen) atoms. The molecule has 0 N–H and O–H groups in total. The number of amides is 1. The van der Waals surface area contributed by atoms with Crippen molar-refractivity contribution in [2.75, 3.05) is 44.3 Å². The molecule has 0 spiro atoms. The number of hydrogen-bond donors (Lipinski definition) is 0. The summed E-state index contributed by atoms with van der Waals surface area (Å²) in [7, 11) is 0. The third kappa shape index (κ3) is 3.54. The molecule has 92 valence electrons. The number of para-hydroxylation sites is 1. The summed E-state index contributed by atoms with van der Waals surface area (Å²) in [5.41, 5.74) is 0.954. The van der Waals surface area contributed by atoms with Crippen molar-refractivity contribution in [3.63, 3.8) is 0 Å². The SMILES string of the molecule is O=CN(CCN1CCOCC1)c1ccccc1. The van der Waals surface area contributed by atoms with Crippen molar-refractivity contribution in [1.82, 2.24) is 4.90 Å². The molecule has 0 aromatic heterocycles. The normalized spacial score (nSPS) is 16.7. The van der Waals surface area contributed by atoms with Crippen LogP contribution in [0.2, 0.25) is 0 Å². The Morgan fingerprint density at radius 1 is 1.24 bits per heavy atom. The maximum absolute atomic E-state index is 11.1. The van der Waals surface area contributed by atoms with Gasteiger partial charge in [0.1, 0.15) is 0 Å². The summed E-state index contributed by atoms with van der Waals surface area (Å²) in [5, 5.41) is 0. The Hall–Kier alpha value is -1.39. The smallest absolute Gasteiger partial charge is 0.214 e. The zero-order chi connectivity index (χ0) is 11.9. The first-order valence-corrected chi connectivity index (χ1v) is 5.97. The van der Waals surface area contributed by atoms with E-state index in [1.54, 1.807) is 4.90 Å². The van der Waals surface area contributed by atoms with Crippen LogP contribution in [0.1, 0.15) is 0 Å². The standard InChI is InChI=1S/C13H18N2O2/c16-12-15(13-4-2-1-3-5-13)7-6-14-8-10-17-11-9-14/h1-5,12H,6-11H2. The summed E-state index contributed by atoms with van der Waals surface area (Å²) in [6.45, 7) is 5.15. The lowest BCUT2D eigenvalue weighted by atomic mass is 10.3. The maximum Gasteiger partial charge on any atom is 0.214 e. The lowest BCUT2D eigenvalue weighted by Gasteiger charge is -2.28. The summed E-state index contributed by atoms with van der Waals surface area (Å²) >= 11 is 0. The van der Waals surface area contributed by atoms with Crippen molar-refractivity contribution < 1.29 is 9.53 Å². The van der Waals surface area contributed by atoms with E-state index in [-0.39, 0.29) is 0 Å². The van der Waals surface area contributed by atoms with Crippen LogP contribution >= 0.6 is 0 Å². The minimum Gasteiger partial charge on any atom is -0.379 e. The molecule has 0 atom stereocenters. The molecule has 1 heterocycles. The number of nitrogens with zero attached hydrogens (tertiary/aromatic N) is 2. The predicted octanol–water partition coefficient (Wildman–Crippen LogP) is 0.982. The van der Waals surface area contributed by atoms with E-state index in [0.717, 1.165) is 51.5 Å². The molecule has 0 aliphatic carbocycles. The molecule has 1 fully saturated rings. The van der Waals surface area contributed by atoms with Crippen LogP contribution in [0.15, 0.2) is 30.3 Å². The van der Waals surface area contributed by atoms with Crippen molar-refractivity contribution in [3.05, 3.63) is 30.3 Å². The van der Waals surface area contributed by atoms with E-state index in [4.69, 9.17) is 4.74 Å². The van der Waals surface area contributed by atoms with Crippen LogP contribution in [0.4, 0.5) is 5.69 Å². The molecule has 2 rings (SSSR count). The van der Waals surface area contributed by atoms with Crippen molar-refractivity contribution in [3.8, 4) is 0 Å². The number of anilines is 1. The van der Waals surface area contributed by atoms with E-state index in [2.05, 4.69) is 4.90 Å². The summed E-state index contributed by atoms with van der Waals surface area (Å²) in [6, 6.07) is 9.75. The van der Waals surface area contributed by atoms with E-state index >= 15 is 0 Å². The summed E-state index contributed by atoms with van der Waals surface area (Å²) in [6.07, 6.45) is 0.899. The molecule has 4 nitrogen and oxygen atoms in total. The fourth-order valence-electron chi connectivity index (χ4n) is 1.94. The van der Waals surface area contributed by atoms with Crippen LogP contribution in [-0.4, -0.2) is 50.7 Å². The van der Waals surface area contributed by atoms with Gasteiger partial charge in [-0.1, -0.05) is 18.2 Å². The van der Waals surface area contributed by atoms with Gasteiger partial charge in [0.15, 0.2) is 0 Å². The van der Waals surface area contributed by atoms with Crippen LogP contribution in [0.5, 0.6) is 0 Å². The summed E-state index contributed by atoms with van der Waals surface area (Å²) < 4.78 is 5.29. The van der Waals surface area contributed by atoms with Crippen molar-refractivity contribution >= 4 is 12.1 Å². The van der Waals surface area contributed by atoms with E-state index < -0.39 is 0 Å². The molecule has 1 saturated heterocycles. The highest BCUT2D eigenvalue weighted by atomic mass is 16.5. The molecule has 0 radical (unpaired) electrons. The Labute approximate surface area is 102 Å². The minimum atomic E-state index is 0.730. The molecule has 1 aromatic carbocycles. The van der Waals surface area contributed by atoms with Gasteiger partial charge in [-0.3, -0.25) is 9.69 Å². The topological polar surface area (TPSA) is 32.8 Å². The largest absolute Gasteiger partial charge is 0.379 e. The quantitative estimate of drug-likeness (QED) is 0.712. The van der Waals surface area contributed by atoms with Gasteiger partial charge in [0.25, 0.3) is 0 Å². The maximum atomic E-state index is 11.1. The predicted molar refractivity (Wildman–Crippen MR) is 67.1 cm³/mol. The Bertz CT molecular complexity index is 337. The highest BCUT2D eigenvalue weighted by Crippen LogP contribution is 2.11. The number of carbonyl (C=O) groups is 1. The average molecular weight is 234 g/mol. The second-order valence-electron chi connectivity index (χ2n) is 4.09. The number of morpholine rings is 1. The molecule has 0 bridgehead atoms. The van der Waals surface area contributed by atoms with Gasteiger partial charge >= 0.3 is 0 Å². The van der Waals surface area contributed by atoms with Crippen molar-refractivity contribution in [2.24, 2.45) is 0 Å². The Morgan fingerprint density at radius 3 is 2.59 bits per heavy atom. The molecule has 0 unspecified atom stereocenters. The van der Waals surface area contributed by atoms with E-state index in [9.17, 15) is 4.79 Å². The van der Waals surface area contributed by atoms with E-state index in [1.807, 2.05) is 30.3 Å². The third-order valence-corrected chi connectivity index (χ3v) is 2.98. The lowest BCUT2D eigenvalue weighted by Crippen LogP contribution is -2.41. The van der Waals surface area contributed by atoms with Crippen LogP contribution in [0.3, 0.4) is 0 Å². The van der Waals surface area contributed by atoms with Gasteiger partial charge in [-0.15, -0.1) is 0 Å². The second-order valence-corrected chi connectivity index (χ2v) is 4.09. The second kappa shape index (κ2) is 6.37. The first-order valence-electron chi connectivity index (χ1n) is 5.97. The third-order valence-electron chi connectivity index (χ3n) is 2.98. The highest BCUT2D eigenvalue weighted by molar-refractivity contribution is 5.74. The Morgan fingerprint density at radius 2 is 1.94 bits per heavy atom. The fourth-order valence-corrected chi connectivity index (χ4v) is 1.94. The van der Waals surface area contributed by atoms with Crippen molar-refractivity contribution in [1.29, 1.82) is 0 Å². The zero-order valence-electron chi connectivity index (χ0n) is 9.92. The Balaban J connectivity index is 1.85. The molecule has 1 aliphatic heterocycles. The van der Waals surface area contributed by atoms with E-state index in [0.29, 0.717) is 0 Å². The molecule has 1 aromatic rings. The summed E-state index contributed by atoms with van der Waals surface area (Å²) in [4.78, 5) is 15.1. The van der Waals surface area contributed by atoms with Gasteiger partial charge in [-0.05, 0) is 12.1 Å². The number of benzene rings is 1. The minimum absolute atomic E-state index is 0.730. The van der Waals surface area contributed by atoms with Gasteiger partial charge in [-0.2, -0.15) is 0 Å². The fraction of sp³-hybridized carbons (Fsp3) is 0.462. The van der Waals surface area contributed by atoms with Gasteiger partial charge in [0.2, 0.25) is 6.41 Å². The molecule has 1 amide bonds. The highest BCUT2D eigenvalue weighted by Gasteiger charge is 2.12. The Kier molecular flexibility index (Phi) is 4.53. The first-order chi connectivity index (χ1) is 8.40.